The third-order valence-corrected chi connectivity index (χ3v) is 3.25. The minimum atomic E-state index is 0.520. The Morgan fingerprint density at radius 2 is 1.88 bits per heavy atom. The van der Waals surface area contributed by atoms with E-state index in [4.69, 9.17) is 10.00 Å². The molecule has 0 heterocycles. The zero-order chi connectivity index (χ0) is 12.1. The van der Waals surface area contributed by atoms with E-state index >= 15 is 0 Å². The van der Waals surface area contributed by atoms with Crippen molar-refractivity contribution in [2.24, 2.45) is 0 Å². The lowest BCUT2D eigenvalue weighted by Crippen LogP contribution is -1.95. The summed E-state index contributed by atoms with van der Waals surface area (Å²) in [6, 6.07) is 17.6. The van der Waals surface area contributed by atoms with Gasteiger partial charge in [-0.3, -0.25) is 0 Å². The third kappa shape index (κ3) is 3.21. The summed E-state index contributed by atoms with van der Waals surface area (Å²) in [7, 11) is 0. The van der Waals surface area contributed by atoms with E-state index in [1.807, 2.05) is 42.5 Å². The highest BCUT2D eigenvalue weighted by atomic mass is 127. The maximum absolute atomic E-state index is 8.92. The molecular formula is C14H10INO. The van der Waals surface area contributed by atoms with Crippen LogP contribution in [0.2, 0.25) is 0 Å². The van der Waals surface area contributed by atoms with Gasteiger partial charge in [0.2, 0.25) is 0 Å². The topological polar surface area (TPSA) is 33.0 Å². The van der Waals surface area contributed by atoms with Crippen molar-refractivity contribution in [3.63, 3.8) is 0 Å². The molecule has 0 bridgehead atoms. The van der Waals surface area contributed by atoms with Crippen LogP contribution < -0.4 is 4.74 Å². The Hall–Kier alpha value is -1.54. The van der Waals surface area contributed by atoms with E-state index < -0.39 is 0 Å². The summed E-state index contributed by atoms with van der Waals surface area (Å²) in [4.78, 5) is 0. The lowest BCUT2D eigenvalue weighted by atomic mass is 10.2. The molecule has 2 aromatic rings. The van der Waals surface area contributed by atoms with Gasteiger partial charge in [-0.25, -0.2) is 0 Å². The van der Waals surface area contributed by atoms with Crippen LogP contribution in [-0.4, -0.2) is 0 Å². The first kappa shape index (κ1) is 11.9. The largest absolute Gasteiger partial charge is 0.489 e. The summed E-state index contributed by atoms with van der Waals surface area (Å²) in [5.41, 5.74) is 1.76. The SMILES string of the molecule is N#Cc1cc(OCc2ccccc2)ccc1I. The zero-order valence-corrected chi connectivity index (χ0v) is 11.2. The number of nitrogens with zero attached hydrogens (tertiary/aromatic N) is 1. The van der Waals surface area contributed by atoms with Crippen molar-refractivity contribution >= 4 is 22.6 Å². The second kappa shape index (κ2) is 5.69. The molecule has 0 aliphatic rings. The zero-order valence-electron chi connectivity index (χ0n) is 9.06. The Labute approximate surface area is 114 Å². The Morgan fingerprint density at radius 1 is 1.12 bits per heavy atom. The van der Waals surface area contributed by atoms with Crippen molar-refractivity contribution in [3.8, 4) is 11.8 Å². The fourth-order valence-corrected chi connectivity index (χ4v) is 1.88. The van der Waals surface area contributed by atoms with Gasteiger partial charge < -0.3 is 4.74 Å². The molecule has 2 aromatic carbocycles. The molecule has 0 spiro atoms. The van der Waals surface area contributed by atoms with E-state index in [0.717, 1.165) is 14.9 Å². The van der Waals surface area contributed by atoms with Crippen molar-refractivity contribution in [1.82, 2.24) is 0 Å². The number of benzene rings is 2. The van der Waals surface area contributed by atoms with Crippen molar-refractivity contribution in [2.45, 2.75) is 6.61 Å². The quantitative estimate of drug-likeness (QED) is 0.801. The van der Waals surface area contributed by atoms with Gasteiger partial charge in [0.1, 0.15) is 18.4 Å². The monoisotopic (exact) mass is 335 g/mol. The van der Waals surface area contributed by atoms with E-state index in [9.17, 15) is 0 Å². The summed E-state index contributed by atoms with van der Waals surface area (Å²) < 4.78 is 6.58. The molecule has 0 fully saturated rings. The van der Waals surface area contributed by atoms with Crippen LogP contribution in [0.1, 0.15) is 11.1 Å². The van der Waals surface area contributed by atoms with Gasteiger partial charge in [-0.15, -0.1) is 0 Å². The fraction of sp³-hybridized carbons (Fsp3) is 0.0714. The fourth-order valence-electron chi connectivity index (χ4n) is 1.42. The average molecular weight is 335 g/mol. The predicted octanol–water partition coefficient (Wildman–Crippen LogP) is 3.74. The Bertz CT molecular complexity index is 546. The maximum atomic E-state index is 8.92. The molecule has 84 valence electrons. The summed E-state index contributed by atoms with van der Waals surface area (Å²) in [5, 5.41) is 8.92. The molecule has 0 amide bonds. The lowest BCUT2D eigenvalue weighted by Gasteiger charge is -2.06. The van der Waals surface area contributed by atoms with E-state index in [1.54, 1.807) is 6.07 Å². The van der Waals surface area contributed by atoms with E-state index in [1.165, 1.54) is 0 Å². The van der Waals surface area contributed by atoms with Gasteiger partial charge in [-0.05, 0) is 46.4 Å². The number of halogens is 1. The van der Waals surface area contributed by atoms with Gasteiger partial charge in [0.15, 0.2) is 0 Å². The summed E-state index contributed by atoms with van der Waals surface area (Å²) in [5.74, 6) is 0.728. The van der Waals surface area contributed by atoms with Gasteiger partial charge in [-0.2, -0.15) is 5.26 Å². The van der Waals surface area contributed by atoms with Crippen LogP contribution in [0.3, 0.4) is 0 Å². The first-order valence-electron chi connectivity index (χ1n) is 5.16. The molecule has 17 heavy (non-hydrogen) atoms. The van der Waals surface area contributed by atoms with E-state index in [2.05, 4.69) is 28.7 Å². The van der Waals surface area contributed by atoms with Gasteiger partial charge in [0.25, 0.3) is 0 Å². The Morgan fingerprint density at radius 3 is 2.59 bits per heavy atom. The van der Waals surface area contributed by atoms with Gasteiger partial charge in [0.05, 0.1) is 5.56 Å². The molecule has 2 rings (SSSR count). The van der Waals surface area contributed by atoms with Gasteiger partial charge in [0, 0.05) is 3.57 Å². The minimum absolute atomic E-state index is 0.520. The lowest BCUT2D eigenvalue weighted by molar-refractivity contribution is 0.306. The van der Waals surface area contributed by atoms with E-state index in [-0.39, 0.29) is 0 Å². The number of hydrogen-bond acceptors (Lipinski definition) is 2. The highest BCUT2D eigenvalue weighted by molar-refractivity contribution is 14.1. The van der Waals surface area contributed by atoms with Crippen LogP contribution in [0.15, 0.2) is 48.5 Å². The number of hydrogen-bond donors (Lipinski definition) is 0. The molecule has 0 aromatic heterocycles. The molecule has 0 saturated carbocycles. The Kier molecular flexibility index (Phi) is 3.99. The molecule has 0 radical (unpaired) electrons. The highest BCUT2D eigenvalue weighted by Gasteiger charge is 2.01. The van der Waals surface area contributed by atoms with E-state index in [0.29, 0.717) is 12.2 Å². The summed E-state index contributed by atoms with van der Waals surface area (Å²) in [6.45, 7) is 0.520. The maximum Gasteiger partial charge on any atom is 0.121 e. The smallest absolute Gasteiger partial charge is 0.121 e. The summed E-state index contributed by atoms with van der Waals surface area (Å²) >= 11 is 2.14. The second-order valence-electron chi connectivity index (χ2n) is 3.53. The van der Waals surface area contributed by atoms with Crippen LogP contribution >= 0.6 is 22.6 Å². The van der Waals surface area contributed by atoms with Crippen molar-refractivity contribution in [3.05, 3.63) is 63.2 Å². The standard InChI is InChI=1S/C14H10INO/c15-14-7-6-13(8-12(14)9-16)17-10-11-4-2-1-3-5-11/h1-8H,10H2. The van der Waals surface area contributed by atoms with Crippen molar-refractivity contribution < 1.29 is 4.74 Å². The molecule has 0 aliphatic carbocycles. The number of nitriles is 1. The van der Waals surface area contributed by atoms with Crippen LogP contribution in [0.4, 0.5) is 0 Å². The molecule has 0 atom stereocenters. The van der Waals surface area contributed by atoms with Crippen LogP contribution in [-0.2, 0) is 6.61 Å². The van der Waals surface area contributed by atoms with Gasteiger partial charge >= 0.3 is 0 Å². The molecule has 0 unspecified atom stereocenters. The third-order valence-electron chi connectivity index (χ3n) is 2.31. The Balaban J connectivity index is 2.08. The minimum Gasteiger partial charge on any atom is -0.489 e. The highest BCUT2D eigenvalue weighted by Crippen LogP contribution is 2.19. The van der Waals surface area contributed by atoms with Crippen LogP contribution in [0.5, 0.6) is 5.75 Å². The molecule has 0 saturated heterocycles. The van der Waals surface area contributed by atoms with Crippen molar-refractivity contribution in [1.29, 1.82) is 5.26 Å². The number of rotatable bonds is 3. The first-order chi connectivity index (χ1) is 8.29. The average Bonchev–Trinajstić information content (AvgIpc) is 2.39. The van der Waals surface area contributed by atoms with Crippen LogP contribution in [0, 0.1) is 14.9 Å². The molecule has 3 heteroatoms. The normalized spacial score (nSPS) is 9.65. The summed E-state index contributed by atoms with van der Waals surface area (Å²) in [6.07, 6.45) is 0. The number of ether oxygens (including phenoxy) is 1. The predicted molar refractivity (Wildman–Crippen MR) is 74.6 cm³/mol. The second-order valence-corrected chi connectivity index (χ2v) is 4.69. The molecule has 0 N–H and O–H groups in total. The van der Waals surface area contributed by atoms with Crippen molar-refractivity contribution in [2.75, 3.05) is 0 Å². The van der Waals surface area contributed by atoms with Crippen LogP contribution in [0.25, 0.3) is 0 Å². The molecule has 2 nitrogen and oxygen atoms in total. The first-order valence-corrected chi connectivity index (χ1v) is 6.24. The molecular weight excluding hydrogens is 325 g/mol. The molecule has 0 aliphatic heterocycles. The van der Waals surface area contributed by atoms with Gasteiger partial charge in [-0.1, -0.05) is 30.3 Å².